The zero-order chi connectivity index (χ0) is 16.1. The van der Waals surface area contributed by atoms with Crippen LogP contribution in [0.15, 0.2) is 11.2 Å². The molecule has 0 amide bonds. The van der Waals surface area contributed by atoms with Crippen molar-refractivity contribution in [3.8, 4) is 0 Å². The van der Waals surface area contributed by atoms with Crippen molar-refractivity contribution >= 4 is 10.0 Å². The summed E-state index contributed by atoms with van der Waals surface area (Å²) in [7, 11) is -4.06. The lowest BCUT2D eigenvalue weighted by molar-refractivity contribution is -0.137. The molecule has 0 saturated heterocycles. The smallest absolute Gasteiger partial charge is 0.313 e. The first kappa shape index (κ1) is 17.9. The number of sulfonamides is 1. The second kappa shape index (κ2) is 7.23. The highest BCUT2D eigenvalue weighted by atomic mass is 32.2. The molecule has 0 bridgehead atoms. The number of alkyl halides is 3. The highest BCUT2D eigenvalue weighted by Crippen LogP contribution is 2.22. The SMILES string of the molecule is CCCNCc1cn[nH]c1S(=O)(=O)NC(C)CC(F)(F)F. The second-order valence-corrected chi connectivity index (χ2v) is 6.39. The summed E-state index contributed by atoms with van der Waals surface area (Å²) in [6.07, 6.45) is -3.45. The Bertz CT molecular complexity index is 542. The maximum atomic E-state index is 12.2. The Balaban J connectivity index is 2.77. The molecule has 0 aliphatic carbocycles. The maximum absolute atomic E-state index is 12.2. The summed E-state index contributed by atoms with van der Waals surface area (Å²) in [6.45, 7) is 4.09. The van der Waals surface area contributed by atoms with Gasteiger partial charge in [-0.25, -0.2) is 13.1 Å². The molecule has 122 valence electrons. The van der Waals surface area contributed by atoms with Crippen LogP contribution in [0.1, 0.15) is 32.3 Å². The van der Waals surface area contributed by atoms with E-state index in [2.05, 4.69) is 15.5 Å². The molecule has 1 heterocycles. The lowest BCUT2D eigenvalue weighted by Crippen LogP contribution is -2.36. The first-order valence-electron chi connectivity index (χ1n) is 6.47. The maximum Gasteiger partial charge on any atom is 0.390 e. The minimum atomic E-state index is -4.43. The summed E-state index contributed by atoms with van der Waals surface area (Å²) in [6, 6.07) is -1.25. The summed E-state index contributed by atoms with van der Waals surface area (Å²) < 4.78 is 62.9. The fourth-order valence-corrected chi connectivity index (χ4v) is 3.14. The van der Waals surface area contributed by atoms with Crippen molar-refractivity contribution < 1.29 is 21.6 Å². The van der Waals surface area contributed by atoms with E-state index in [0.29, 0.717) is 12.1 Å². The van der Waals surface area contributed by atoms with E-state index in [0.717, 1.165) is 13.3 Å². The number of H-pyrrole nitrogens is 1. The molecule has 6 nitrogen and oxygen atoms in total. The van der Waals surface area contributed by atoms with Crippen LogP contribution in [0.4, 0.5) is 13.2 Å². The van der Waals surface area contributed by atoms with Crippen molar-refractivity contribution in [2.45, 2.75) is 50.5 Å². The number of rotatable bonds is 8. The van der Waals surface area contributed by atoms with Gasteiger partial charge in [0.2, 0.25) is 0 Å². The number of halogens is 3. The van der Waals surface area contributed by atoms with Gasteiger partial charge in [0, 0.05) is 18.2 Å². The Kier molecular flexibility index (Phi) is 6.17. The van der Waals surface area contributed by atoms with Gasteiger partial charge in [0.15, 0.2) is 5.03 Å². The highest BCUT2D eigenvalue weighted by Gasteiger charge is 2.32. The molecule has 0 aliphatic heterocycles. The van der Waals surface area contributed by atoms with Crippen LogP contribution < -0.4 is 10.0 Å². The van der Waals surface area contributed by atoms with Crippen LogP contribution in [-0.4, -0.2) is 37.4 Å². The van der Waals surface area contributed by atoms with Gasteiger partial charge in [0.25, 0.3) is 10.0 Å². The minimum absolute atomic E-state index is 0.208. The number of nitrogens with zero attached hydrogens (tertiary/aromatic N) is 1. The molecule has 1 unspecified atom stereocenters. The van der Waals surface area contributed by atoms with E-state index in [4.69, 9.17) is 0 Å². The van der Waals surface area contributed by atoms with E-state index in [-0.39, 0.29) is 11.6 Å². The normalized spacial score (nSPS) is 14.3. The van der Waals surface area contributed by atoms with Crippen molar-refractivity contribution in [2.24, 2.45) is 0 Å². The van der Waals surface area contributed by atoms with Crippen LogP contribution in [0.2, 0.25) is 0 Å². The van der Waals surface area contributed by atoms with Gasteiger partial charge in [-0.3, -0.25) is 5.10 Å². The molecule has 1 aromatic rings. The monoisotopic (exact) mass is 328 g/mol. The van der Waals surface area contributed by atoms with Gasteiger partial charge < -0.3 is 5.32 Å². The van der Waals surface area contributed by atoms with Crippen LogP contribution in [0.25, 0.3) is 0 Å². The Hall–Kier alpha value is -1.13. The third kappa shape index (κ3) is 6.02. The molecule has 0 radical (unpaired) electrons. The number of nitrogens with one attached hydrogen (secondary N) is 3. The molecule has 0 fully saturated rings. The minimum Gasteiger partial charge on any atom is -0.313 e. The van der Waals surface area contributed by atoms with Crippen LogP contribution in [0.5, 0.6) is 0 Å². The fourth-order valence-electron chi connectivity index (χ4n) is 1.77. The van der Waals surface area contributed by atoms with Crippen LogP contribution in [0.3, 0.4) is 0 Å². The lowest BCUT2D eigenvalue weighted by Gasteiger charge is -2.15. The zero-order valence-electron chi connectivity index (χ0n) is 11.8. The summed E-state index contributed by atoms with van der Waals surface area (Å²) in [4.78, 5) is 0. The first-order chi connectivity index (χ1) is 9.65. The lowest BCUT2D eigenvalue weighted by atomic mass is 10.2. The highest BCUT2D eigenvalue weighted by molar-refractivity contribution is 7.89. The Labute approximate surface area is 121 Å². The number of hydrogen-bond acceptors (Lipinski definition) is 4. The average molecular weight is 328 g/mol. The first-order valence-corrected chi connectivity index (χ1v) is 7.96. The van der Waals surface area contributed by atoms with Crippen molar-refractivity contribution in [3.63, 3.8) is 0 Å². The topological polar surface area (TPSA) is 86.9 Å². The molecule has 0 aromatic carbocycles. The van der Waals surface area contributed by atoms with Gasteiger partial charge in [-0.2, -0.15) is 18.3 Å². The largest absolute Gasteiger partial charge is 0.390 e. The Morgan fingerprint density at radius 3 is 2.67 bits per heavy atom. The molecule has 10 heteroatoms. The Morgan fingerprint density at radius 2 is 2.10 bits per heavy atom. The van der Waals surface area contributed by atoms with Crippen molar-refractivity contribution in [2.75, 3.05) is 6.54 Å². The summed E-state index contributed by atoms with van der Waals surface area (Å²) >= 11 is 0. The van der Waals surface area contributed by atoms with Gasteiger partial charge in [-0.1, -0.05) is 6.92 Å². The molecule has 0 spiro atoms. The van der Waals surface area contributed by atoms with Crippen molar-refractivity contribution in [3.05, 3.63) is 11.8 Å². The molecule has 21 heavy (non-hydrogen) atoms. The van der Waals surface area contributed by atoms with Crippen LogP contribution in [0, 0.1) is 0 Å². The summed E-state index contributed by atoms with van der Waals surface area (Å²) in [5, 5.41) is 8.76. The molecule has 1 aromatic heterocycles. The van der Waals surface area contributed by atoms with Crippen molar-refractivity contribution in [1.82, 2.24) is 20.2 Å². The third-order valence-electron chi connectivity index (χ3n) is 2.58. The molecule has 1 atom stereocenters. The van der Waals surface area contributed by atoms with Crippen molar-refractivity contribution in [1.29, 1.82) is 0 Å². The van der Waals surface area contributed by atoms with Gasteiger partial charge in [-0.05, 0) is 19.9 Å². The van der Waals surface area contributed by atoms with E-state index in [9.17, 15) is 21.6 Å². The van der Waals surface area contributed by atoms with Gasteiger partial charge >= 0.3 is 6.18 Å². The van der Waals surface area contributed by atoms with Crippen LogP contribution in [-0.2, 0) is 16.6 Å². The molecule has 3 N–H and O–H groups in total. The molecular weight excluding hydrogens is 309 g/mol. The number of hydrogen-bond donors (Lipinski definition) is 3. The fraction of sp³-hybridized carbons (Fsp3) is 0.727. The quantitative estimate of drug-likeness (QED) is 0.632. The van der Waals surface area contributed by atoms with E-state index in [1.54, 1.807) is 0 Å². The van der Waals surface area contributed by atoms with Gasteiger partial charge in [0.05, 0.1) is 12.6 Å². The van der Waals surface area contributed by atoms with Crippen LogP contribution >= 0.6 is 0 Å². The molecular formula is C11H19F3N4O2S. The average Bonchev–Trinajstić information content (AvgIpc) is 2.74. The number of aromatic amines is 1. The predicted octanol–water partition coefficient (Wildman–Crippen LogP) is 1.53. The Morgan fingerprint density at radius 1 is 1.43 bits per heavy atom. The molecule has 0 aliphatic rings. The van der Waals surface area contributed by atoms with E-state index >= 15 is 0 Å². The zero-order valence-corrected chi connectivity index (χ0v) is 12.6. The second-order valence-electron chi connectivity index (χ2n) is 4.74. The standard InChI is InChI=1S/C11H19F3N4O2S/c1-3-4-15-6-9-7-16-17-10(9)21(19,20)18-8(2)5-11(12,13)14/h7-8,15,18H,3-6H2,1-2H3,(H,16,17). The number of aromatic nitrogens is 2. The van der Waals surface area contributed by atoms with Gasteiger partial charge in [-0.15, -0.1) is 0 Å². The molecule has 1 rings (SSSR count). The predicted molar refractivity (Wildman–Crippen MR) is 71.0 cm³/mol. The van der Waals surface area contributed by atoms with E-state index < -0.39 is 28.7 Å². The summed E-state index contributed by atoms with van der Waals surface area (Å²) in [5.74, 6) is 0. The van der Waals surface area contributed by atoms with Gasteiger partial charge in [0.1, 0.15) is 0 Å². The summed E-state index contributed by atoms with van der Waals surface area (Å²) in [5.41, 5.74) is 0.384. The van der Waals surface area contributed by atoms with E-state index in [1.807, 2.05) is 11.6 Å². The third-order valence-corrected chi connectivity index (χ3v) is 4.19. The van der Waals surface area contributed by atoms with E-state index in [1.165, 1.54) is 6.20 Å². The molecule has 0 saturated carbocycles.